The van der Waals surface area contributed by atoms with Gasteiger partial charge in [-0.05, 0) is 25.9 Å². The number of rotatable bonds is 3. The van der Waals surface area contributed by atoms with Crippen LogP contribution in [0.1, 0.15) is 45.4 Å². The van der Waals surface area contributed by atoms with Gasteiger partial charge < -0.3 is 9.52 Å². The first-order valence-corrected chi connectivity index (χ1v) is 6.64. The SMILES string of the molecule is CC(C)(C)c1nnc(CN2CCC(C(=O)O)CC2)o1. The molecule has 0 aromatic carbocycles. The second-order valence-corrected chi connectivity index (χ2v) is 6.14. The molecule has 106 valence electrons. The number of hydrogen-bond acceptors (Lipinski definition) is 5. The molecule has 0 amide bonds. The number of carbonyl (C=O) groups is 1. The van der Waals surface area contributed by atoms with Gasteiger partial charge >= 0.3 is 5.97 Å². The highest BCUT2D eigenvalue weighted by Crippen LogP contribution is 2.22. The van der Waals surface area contributed by atoms with Crippen molar-refractivity contribution in [3.8, 4) is 0 Å². The van der Waals surface area contributed by atoms with E-state index in [2.05, 4.69) is 15.1 Å². The van der Waals surface area contributed by atoms with Crippen LogP contribution in [0.25, 0.3) is 0 Å². The van der Waals surface area contributed by atoms with Crippen LogP contribution in [-0.2, 0) is 16.8 Å². The first-order valence-electron chi connectivity index (χ1n) is 6.64. The van der Waals surface area contributed by atoms with Crippen LogP contribution in [0.15, 0.2) is 4.42 Å². The molecule has 1 aliphatic rings. The predicted octanol–water partition coefficient (Wildman–Crippen LogP) is 1.66. The van der Waals surface area contributed by atoms with E-state index >= 15 is 0 Å². The Morgan fingerprint density at radius 1 is 1.37 bits per heavy atom. The fourth-order valence-corrected chi connectivity index (χ4v) is 2.15. The summed E-state index contributed by atoms with van der Waals surface area (Å²) in [6, 6.07) is 0. The van der Waals surface area contributed by atoms with Gasteiger partial charge in [0.25, 0.3) is 0 Å². The number of aliphatic carboxylic acids is 1. The van der Waals surface area contributed by atoms with Crippen molar-refractivity contribution in [2.45, 2.75) is 45.6 Å². The Labute approximate surface area is 112 Å². The van der Waals surface area contributed by atoms with Crippen LogP contribution in [0.3, 0.4) is 0 Å². The van der Waals surface area contributed by atoms with Crippen LogP contribution in [0.4, 0.5) is 0 Å². The molecule has 1 N–H and O–H groups in total. The van der Waals surface area contributed by atoms with Gasteiger partial charge in [0.05, 0.1) is 12.5 Å². The van der Waals surface area contributed by atoms with E-state index in [0.29, 0.717) is 31.2 Å². The van der Waals surface area contributed by atoms with Crippen LogP contribution in [0, 0.1) is 5.92 Å². The van der Waals surface area contributed by atoms with Gasteiger partial charge in [-0.1, -0.05) is 20.8 Å². The Hall–Kier alpha value is -1.43. The molecule has 0 radical (unpaired) electrons. The van der Waals surface area contributed by atoms with Crippen LogP contribution in [-0.4, -0.2) is 39.3 Å². The van der Waals surface area contributed by atoms with Gasteiger partial charge in [-0.2, -0.15) is 0 Å². The average molecular weight is 267 g/mol. The molecule has 0 aliphatic carbocycles. The zero-order valence-corrected chi connectivity index (χ0v) is 11.7. The Morgan fingerprint density at radius 2 is 2.00 bits per heavy atom. The Bertz CT molecular complexity index is 442. The summed E-state index contributed by atoms with van der Waals surface area (Å²) in [6.07, 6.45) is 1.38. The first kappa shape index (κ1) is 14.0. The van der Waals surface area contributed by atoms with Gasteiger partial charge in [-0.25, -0.2) is 0 Å². The maximum Gasteiger partial charge on any atom is 0.306 e. The van der Waals surface area contributed by atoms with E-state index < -0.39 is 5.97 Å². The van der Waals surface area contributed by atoms with Crippen molar-refractivity contribution in [3.05, 3.63) is 11.8 Å². The highest BCUT2D eigenvalue weighted by Gasteiger charge is 2.26. The minimum atomic E-state index is -0.688. The molecule has 0 atom stereocenters. The molecule has 1 aliphatic heterocycles. The molecule has 0 saturated carbocycles. The number of aromatic nitrogens is 2. The largest absolute Gasteiger partial charge is 0.481 e. The van der Waals surface area contributed by atoms with Crippen molar-refractivity contribution in [1.82, 2.24) is 15.1 Å². The monoisotopic (exact) mass is 267 g/mol. The zero-order valence-electron chi connectivity index (χ0n) is 11.7. The molecular formula is C13H21N3O3. The van der Waals surface area contributed by atoms with E-state index in [1.165, 1.54) is 0 Å². The van der Waals surface area contributed by atoms with Gasteiger partial charge in [-0.15, -0.1) is 10.2 Å². The van der Waals surface area contributed by atoms with E-state index in [4.69, 9.17) is 9.52 Å². The number of carboxylic acids is 1. The van der Waals surface area contributed by atoms with Crippen molar-refractivity contribution >= 4 is 5.97 Å². The fourth-order valence-electron chi connectivity index (χ4n) is 2.15. The minimum absolute atomic E-state index is 0.137. The third kappa shape index (κ3) is 3.53. The molecule has 6 nitrogen and oxygen atoms in total. The molecule has 6 heteroatoms. The zero-order chi connectivity index (χ0) is 14.0. The highest BCUT2D eigenvalue weighted by molar-refractivity contribution is 5.70. The molecule has 0 bridgehead atoms. The van der Waals surface area contributed by atoms with Crippen molar-refractivity contribution in [1.29, 1.82) is 0 Å². The van der Waals surface area contributed by atoms with Crippen LogP contribution in [0.5, 0.6) is 0 Å². The second kappa shape index (κ2) is 5.28. The molecule has 19 heavy (non-hydrogen) atoms. The van der Waals surface area contributed by atoms with Crippen LogP contribution in [0.2, 0.25) is 0 Å². The summed E-state index contributed by atoms with van der Waals surface area (Å²) in [6.45, 7) is 8.23. The molecule has 0 unspecified atom stereocenters. The van der Waals surface area contributed by atoms with Crippen molar-refractivity contribution in [3.63, 3.8) is 0 Å². The van der Waals surface area contributed by atoms with Crippen molar-refractivity contribution < 1.29 is 14.3 Å². The van der Waals surface area contributed by atoms with Gasteiger partial charge in [0, 0.05) is 5.41 Å². The van der Waals surface area contributed by atoms with E-state index in [0.717, 1.165) is 13.1 Å². The minimum Gasteiger partial charge on any atom is -0.481 e. The maximum atomic E-state index is 10.9. The summed E-state index contributed by atoms with van der Waals surface area (Å²) in [5.74, 6) is 0.359. The quantitative estimate of drug-likeness (QED) is 0.897. The number of piperidine rings is 1. The van der Waals surface area contributed by atoms with Gasteiger partial charge in [0.1, 0.15) is 0 Å². The molecular weight excluding hydrogens is 246 g/mol. The smallest absolute Gasteiger partial charge is 0.306 e. The summed E-state index contributed by atoms with van der Waals surface area (Å²) in [7, 11) is 0. The lowest BCUT2D eigenvalue weighted by Crippen LogP contribution is -2.35. The molecule has 1 aromatic rings. The third-order valence-electron chi connectivity index (χ3n) is 3.40. The van der Waals surface area contributed by atoms with Gasteiger partial charge in [0.15, 0.2) is 0 Å². The van der Waals surface area contributed by atoms with Crippen molar-refractivity contribution in [2.24, 2.45) is 5.92 Å². The Balaban J connectivity index is 1.89. The van der Waals surface area contributed by atoms with E-state index in [9.17, 15) is 4.79 Å². The summed E-state index contributed by atoms with van der Waals surface area (Å²) in [5.41, 5.74) is -0.137. The molecule has 0 spiro atoms. The van der Waals surface area contributed by atoms with Crippen LogP contribution >= 0.6 is 0 Å². The number of nitrogens with zero attached hydrogens (tertiary/aromatic N) is 3. The van der Waals surface area contributed by atoms with E-state index in [1.54, 1.807) is 0 Å². The third-order valence-corrected chi connectivity index (χ3v) is 3.40. The summed E-state index contributed by atoms with van der Waals surface area (Å²) in [4.78, 5) is 13.0. The summed E-state index contributed by atoms with van der Waals surface area (Å²) < 4.78 is 5.64. The maximum absolute atomic E-state index is 10.9. The Kier molecular flexibility index (Phi) is 3.89. The van der Waals surface area contributed by atoms with E-state index in [1.807, 2.05) is 20.8 Å². The predicted molar refractivity (Wildman–Crippen MR) is 68.6 cm³/mol. The number of carboxylic acid groups (broad SMARTS) is 1. The first-order chi connectivity index (χ1) is 8.86. The van der Waals surface area contributed by atoms with Crippen molar-refractivity contribution in [2.75, 3.05) is 13.1 Å². The fraction of sp³-hybridized carbons (Fsp3) is 0.769. The molecule has 2 rings (SSSR count). The lowest BCUT2D eigenvalue weighted by atomic mass is 9.97. The number of likely N-dealkylation sites (tertiary alicyclic amines) is 1. The lowest BCUT2D eigenvalue weighted by Gasteiger charge is -2.28. The van der Waals surface area contributed by atoms with Crippen LogP contribution < -0.4 is 0 Å². The molecule has 2 heterocycles. The van der Waals surface area contributed by atoms with Gasteiger partial charge in [0.2, 0.25) is 11.8 Å². The van der Waals surface area contributed by atoms with Gasteiger partial charge in [-0.3, -0.25) is 9.69 Å². The number of hydrogen-bond donors (Lipinski definition) is 1. The summed E-state index contributed by atoms with van der Waals surface area (Å²) in [5, 5.41) is 17.1. The molecule has 1 saturated heterocycles. The molecule has 1 fully saturated rings. The summed E-state index contributed by atoms with van der Waals surface area (Å²) >= 11 is 0. The Morgan fingerprint density at radius 3 is 2.47 bits per heavy atom. The standard InChI is InChI=1S/C13H21N3O3/c1-13(2,3)12-15-14-10(19-12)8-16-6-4-9(5-7-16)11(17)18/h9H,4-8H2,1-3H3,(H,17,18). The highest BCUT2D eigenvalue weighted by atomic mass is 16.4. The second-order valence-electron chi connectivity index (χ2n) is 6.14. The molecule has 1 aromatic heterocycles. The average Bonchev–Trinajstić information content (AvgIpc) is 2.78. The topological polar surface area (TPSA) is 79.5 Å². The van der Waals surface area contributed by atoms with E-state index in [-0.39, 0.29) is 11.3 Å². The lowest BCUT2D eigenvalue weighted by molar-refractivity contribution is -0.143. The normalized spacial score (nSPS) is 18.7.